The molecule has 4 aliphatic rings. The number of hydrogen-bond donors (Lipinski definition) is 0. The largest absolute Gasteiger partial charge is 0.0998 e. The van der Waals surface area contributed by atoms with Gasteiger partial charge in [0, 0.05) is 0 Å². The van der Waals surface area contributed by atoms with Gasteiger partial charge in [0.05, 0.1) is 0 Å². The zero-order chi connectivity index (χ0) is 14.0. The van der Waals surface area contributed by atoms with E-state index in [1.165, 1.54) is 57.8 Å². The van der Waals surface area contributed by atoms with Gasteiger partial charge in [0.1, 0.15) is 0 Å². The minimum Gasteiger partial charge on any atom is -0.0998 e. The minimum atomic E-state index is 0.621. The Bertz CT molecular complexity index is 422. The third-order valence-corrected chi connectivity index (χ3v) is 8.26. The van der Waals surface area contributed by atoms with Crippen LogP contribution in [0, 0.1) is 34.5 Å². The van der Waals surface area contributed by atoms with Crippen molar-refractivity contribution in [3.63, 3.8) is 0 Å². The molecule has 0 N–H and O–H groups in total. The number of allylic oxidation sites excluding steroid dienone is 1. The van der Waals surface area contributed by atoms with Crippen molar-refractivity contribution in [3.05, 3.63) is 12.2 Å². The Labute approximate surface area is 125 Å². The van der Waals surface area contributed by atoms with Crippen LogP contribution in [0.1, 0.15) is 78.1 Å². The van der Waals surface area contributed by atoms with Crippen LogP contribution in [0.15, 0.2) is 12.2 Å². The summed E-state index contributed by atoms with van der Waals surface area (Å²) in [5.74, 6) is 4.12. The molecule has 0 aliphatic heterocycles. The van der Waals surface area contributed by atoms with Crippen molar-refractivity contribution in [1.29, 1.82) is 0 Å². The molecule has 6 atom stereocenters. The zero-order valence-electron chi connectivity index (χ0n) is 13.6. The van der Waals surface area contributed by atoms with Crippen LogP contribution in [0.5, 0.6) is 0 Å². The first-order chi connectivity index (χ1) is 9.53. The van der Waals surface area contributed by atoms with Crippen molar-refractivity contribution >= 4 is 0 Å². The number of fused-ring (bicyclic) bond motifs is 5. The second-order valence-corrected chi connectivity index (χ2v) is 9.23. The molecule has 0 heterocycles. The molecule has 0 spiro atoms. The maximum Gasteiger partial charge on any atom is -0.0255 e. The molecule has 1 unspecified atom stereocenters. The SMILES string of the molecule is C=C1C[C@H]2[C@@H]3CCC4CCCC[C@]4(C)[C@@H]3CC[C@]2(C)C1. The zero-order valence-corrected chi connectivity index (χ0v) is 13.6. The Morgan fingerprint density at radius 1 is 0.950 bits per heavy atom. The molecular formula is C20H32. The summed E-state index contributed by atoms with van der Waals surface area (Å²) in [7, 11) is 0. The van der Waals surface area contributed by atoms with Crippen LogP contribution in [-0.4, -0.2) is 0 Å². The van der Waals surface area contributed by atoms with Crippen LogP contribution in [0.4, 0.5) is 0 Å². The average molecular weight is 272 g/mol. The number of rotatable bonds is 0. The molecule has 112 valence electrons. The molecule has 0 heteroatoms. The number of hydrogen-bond acceptors (Lipinski definition) is 0. The maximum absolute atomic E-state index is 4.36. The first-order valence-electron chi connectivity index (χ1n) is 9.20. The van der Waals surface area contributed by atoms with E-state index in [9.17, 15) is 0 Å². The third kappa shape index (κ3) is 1.72. The third-order valence-electron chi connectivity index (χ3n) is 8.26. The summed E-state index contributed by atoms with van der Waals surface area (Å²) in [5.41, 5.74) is 2.89. The van der Waals surface area contributed by atoms with Crippen LogP contribution in [0.3, 0.4) is 0 Å². The second-order valence-electron chi connectivity index (χ2n) is 9.23. The highest BCUT2D eigenvalue weighted by molar-refractivity contribution is 5.16. The fourth-order valence-corrected chi connectivity index (χ4v) is 7.26. The van der Waals surface area contributed by atoms with Gasteiger partial charge < -0.3 is 0 Å². The minimum absolute atomic E-state index is 0.621. The molecule has 4 aliphatic carbocycles. The van der Waals surface area contributed by atoms with E-state index >= 15 is 0 Å². The Morgan fingerprint density at radius 2 is 1.80 bits per heavy atom. The fourth-order valence-electron chi connectivity index (χ4n) is 7.26. The van der Waals surface area contributed by atoms with Gasteiger partial charge in [-0.2, -0.15) is 0 Å². The summed E-state index contributed by atoms with van der Waals surface area (Å²) in [6.45, 7) is 9.63. The summed E-state index contributed by atoms with van der Waals surface area (Å²) < 4.78 is 0. The van der Waals surface area contributed by atoms with Crippen molar-refractivity contribution < 1.29 is 0 Å². The molecule has 4 fully saturated rings. The van der Waals surface area contributed by atoms with Gasteiger partial charge in [-0.25, -0.2) is 0 Å². The van der Waals surface area contributed by atoms with E-state index in [1.54, 1.807) is 12.0 Å². The molecule has 0 amide bonds. The molecule has 0 nitrogen and oxygen atoms in total. The smallest absolute Gasteiger partial charge is 0.0255 e. The Kier molecular flexibility index (Phi) is 2.93. The van der Waals surface area contributed by atoms with Crippen LogP contribution >= 0.6 is 0 Å². The molecular weight excluding hydrogens is 240 g/mol. The monoisotopic (exact) mass is 272 g/mol. The van der Waals surface area contributed by atoms with Crippen LogP contribution in [0.2, 0.25) is 0 Å². The van der Waals surface area contributed by atoms with Gasteiger partial charge in [-0.15, -0.1) is 0 Å². The van der Waals surface area contributed by atoms with Gasteiger partial charge in [0.2, 0.25) is 0 Å². The summed E-state index contributed by atoms with van der Waals surface area (Å²) in [4.78, 5) is 0. The van der Waals surface area contributed by atoms with E-state index in [0.29, 0.717) is 10.8 Å². The van der Waals surface area contributed by atoms with Crippen molar-refractivity contribution in [2.75, 3.05) is 0 Å². The van der Waals surface area contributed by atoms with E-state index in [4.69, 9.17) is 0 Å². The molecule has 20 heavy (non-hydrogen) atoms. The molecule has 4 rings (SSSR count). The lowest BCUT2D eigenvalue weighted by atomic mass is 9.45. The maximum atomic E-state index is 4.36. The highest BCUT2D eigenvalue weighted by atomic mass is 14.6. The Hall–Kier alpha value is -0.260. The van der Waals surface area contributed by atoms with Crippen LogP contribution in [-0.2, 0) is 0 Å². The van der Waals surface area contributed by atoms with Gasteiger partial charge in [-0.3, -0.25) is 0 Å². The predicted molar refractivity (Wildman–Crippen MR) is 85.5 cm³/mol. The molecule has 0 aromatic rings. The van der Waals surface area contributed by atoms with Gasteiger partial charge >= 0.3 is 0 Å². The van der Waals surface area contributed by atoms with Gasteiger partial charge in [-0.1, -0.05) is 38.8 Å². The quantitative estimate of drug-likeness (QED) is 0.476. The van der Waals surface area contributed by atoms with Gasteiger partial charge in [0.15, 0.2) is 0 Å². The molecule has 0 aromatic heterocycles. The summed E-state index contributed by atoms with van der Waals surface area (Å²) >= 11 is 0. The Morgan fingerprint density at radius 3 is 2.65 bits per heavy atom. The van der Waals surface area contributed by atoms with Crippen molar-refractivity contribution in [1.82, 2.24) is 0 Å². The van der Waals surface area contributed by atoms with E-state index in [-0.39, 0.29) is 0 Å². The van der Waals surface area contributed by atoms with Gasteiger partial charge in [0.25, 0.3) is 0 Å². The summed E-state index contributed by atoms with van der Waals surface area (Å²) in [5, 5.41) is 0. The van der Waals surface area contributed by atoms with Crippen LogP contribution in [0.25, 0.3) is 0 Å². The first kappa shape index (κ1) is 13.4. The summed E-state index contributed by atoms with van der Waals surface area (Å²) in [6.07, 6.45) is 14.9. The first-order valence-corrected chi connectivity index (χ1v) is 9.20. The Balaban J connectivity index is 1.65. The lowest BCUT2D eigenvalue weighted by Gasteiger charge is -2.59. The average Bonchev–Trinajstić information content (AvgIpc) is 2.72. The molecule has 0 saturated heterocycles. The standard InChI is InChI=1S/C20H32/c1-14-12-18-16-8-7-15-6-4-5-10-20(15,3)17(16)9-11-19(18,2)13-14/h15-18H,1,4-13H2,2-3H3/t15?,16-,17-,18+,19-,20+/m1/s1. The highest BCUT2D eigenvalue weighted by Gasteiger charge is 2.57. The molecule has 4 saturated carbocycles. The lowest BCUT2D eigenvalue weighted by molar-refractivity contribution is -0.103. The predicted octanol–water partition coefficient (Wildman–Crippen LogP) is 5.98. The topological polar surface area (TPSA) is 0 Å². The highest BCUT2D eigenvalue weighted by Crippen LogP contribution is 2.66. The van der Waals surface area contributed by atoms with Crippen molar-refractivity contribution in [2.45, 2.75) is 78.1 Å². The van der Waals surface area contributed by atoms with E-state index in [2.05, 4.69) is 20.4 Å². The van der Waals surface area contributed by atoms with E-state index < -0.39 is 0 Å². The van der Waals surface area contributed by atoms with Crippen molar-refractivity contribution in [2.24, 2.45) is 34.5 Å². The van der Waals surface area contributed by atoms with Gasteiger partial charge in [-0.05, 0) is 85.9 Å². The van der Waals surface area contributed by atoms with Crippen LogP contribution < -0.4 is 0 Å². The summed E-state index contributed by atoms with van der Waals surface area (Å²) in [6, 6.07) is 0. The van der Waals surface area contributed by atoms with E-state index in [1.807, 2.05) is 0 Å². The molecule has 0 aromatic carbocycles. The molecule has 0 radical (unpaired) electrons. The molecule has 0 bridgehead atoms. The second kappa shape index (κ2) is 4.37. The van der Waals surface area contributed by atoms with Crippen molar-refractivity contribution in [3.8, 4) is 0 Å². The normalized spacial score (nSPS) is 55.0. The van der Waals surface area contributed by atoms with E-state index in [0.717, 1.165) is 23.7 Å². The lowest BCUT2D eigenvalue weighted by Crippen LogP contribution is -2.51. The fraction of sp³-hybridized carbons (Fsp3) is 0.900.